The Balaban J connectivity index is 3.60. The summed E-state index contributed by atoms with van der Waals surface area (Å²) in [5.41, 5.74) is 0.000157. The molecular weight excluding hydrogens is 150 g/mol. The summed E-state index contributed by atoms with van der Waals surface area (Å²) in [6, 6.07) is 0.542. The standard InChI is InChI=1S/C10H23NO/c1-6-7-11-9(2)8-10(3,4)12-5/h9,11H,6-8H2,1-5H3. The van der Waals surface area contributed by atoms with Crippen LogP contribution in [0.3, 0.4) is 0 Å². The van der Waals surface area contributed by atoms with Crippen molar-refractivity contribution < 1.29 is 4.74 Å². The fourth-order valence-electron chi connectivity index (χ4n) is 1.28. The average molecular weight is 173 g/mol. The molecule has 0 heterocycles. The van der Waals surface area contributed by atoms with Crippen LogP contribution in [0, 0.1) is 0 Å². The van der Waals surface area contributed by atoms with Crippen molar-refractivity contribution in [1.82, 2.24) is 5.32 Å². The second kappa shape index (κ2) is 5.55. The Kier molecular flexibility index (Phi) is 5.51. The van der Waals surface area contributed by atoms with E-state index in [9.17, 15) is 0 Å². The summed E-state index contributed by atoms with van der Waals surface area (Å²) in [6.07, 6.45) is 2.25. The molecule has 12 heavy (non-hydrogen) atoms. The number of ether oxygens (including phenoxy) is 1. The quantitative estimate of drug-likeness (QED) is 0.665. The van der Waals surface area contributed by atoms with E-state index in [-0.39, 0.29) is 5.60 Å². The smallest absolute Gasteiger partial charge is 0.0637 e. The van der Waals surface area contributed by atoms with Gasteiger partial charge < -0.3 is 10.1 Å². The molecule has 0 aromatic heterocycles. The molecule has 1 N–H and O–H groups in total. The van der Waals surface area contributed by atoms with E-state index in [4.69, 9.17) is 4.74 Å². The van der Waals surface area contributed by atoms with Crippen LogP contribution in [-0.4, -0.2) is 25.3 Å². The largest absolute Gasteiger partial charge is 0.379 e. The Bertz CT molecular complexity index is 112. The third-order valence-electron chi connectivity index (χ3n) is 2.09. The van der Waals surface area contributed by atoms with E-state index in [1.54, 1.807) is 7.11 Å². The fraction of sp³-hybridized carbons (Fsp3) is 1.00. The first-order chi connectivity index (χ1) is 5.52. The Hall–Kier alpha value is -0.0800. The minimum atomic E-state index is 0.000157. The molecule has 0 aliphatic heterocycles. The normalized spacial score (nSPS) is 14.8. The molecule has 0 saturated heterocycles. The summed E-state index contributed by atoms with van der Waals surface area (Å²) < 4.78 is 5.35. The Labute approximate surface area is 76.7 Å². The third-order valence-corrected chi connectivity index (χ3v) is 2.09. The predicted molar refractivity (Wildman–Crippen MR) is 53.5 cm³/mol. The van der Waals surface area contributed by atoms with E-state index < -0.39 is 0 Å². The summed E-state index contributed by atoms with van der Waals surface area (Å²) in [5, 5.41) is 3.44. The molecule has 0 spiro atoms. The number of rotatable bonds is 6. The number of hydrogen-bond donors (Lipinski definition) is 1. The lowest BCUT2D eigenvalue weighted by atomic mass is 10.00. The molecule has 0 amide bonds. The molecule has 0 saturated carbocycles. The monoisotopic (exact) mass is 173 g/mol. The van der Waals surface area contributed by atoms with Crippen LogP contribution in [0.15, 0.2) is 0 Å². The summed E-state index contributed by atoms with van der Waals surface area (Å²) in [6.45, 7) is 9.73. The fourth-order valence-corrected chi connectivity index (χ4v) is 1.28. The van der Waals surface area contributed by atoms with Gasteiger partial charge in [0.1, 0.15) is 0 Å². The number of nitrogens with one attached hydrogen (secondary N) is 1. The summed E-state index contributed by atoms with van der Waals surface area (Å²) in [7, 11) is 1.77. The van der Waals surface area contributed by atoms with Gasteiger partial charge in [-0.3, -0.25) is 0 Å². The SMILES string of the molecule is CCCNC(C)CC(C)(C)OC. The second-order valence-electron chi connectivity index (χ2n) is 4.02. The van der Waals surface area contributed by atoms with Crippen LogP contribution in [0.5, 0.6) is 0 Å². The maximum atomic E-state index is 5.35. The van der Waals surface area contributed by atoms with Crippen LogP contribution < -0.4 is 5.32 Å². The van der Waals surface area contributed by atoms with Crippen molar-refractivity contribution in [3.05, 3.63) is 0 Å². The van der Waals surface area contributed by atoms with Crippen molar-refractivity contribution in [3.63, 3.8) is 0 Å². The van der Waals surface area contributed by atoms with Crippen LogP contribution in [0.25, 0.3) is 0 Å². The minimum Gasteiger partial charge on any atom is -0.379 e. The zero-order valence-corrected chi connectivity index (χ0v) is 9.11. The van der Waals surface area contributed by atoms with Crippen LogP contribution in [0.4, 0.5) is 0 Å². The molecule has 0 bridgehead atoms. The molecule has 0 radical (unpaired) electrons. The van der Waals surface area contributed by atoms with Gasteiger partial charge in [-0.25, -0.2) is 0 Å². The summed E-state index contributed by atoms with van der Waals surface area (Å²) >= 11 is 0. The molecule has 0 rings (SSSR count). The molecule has 0 aliphatic carbocycles. The van der Waals surface area contributed by atoms with Crippen LogP contribution in [0.1, 0.15) is 40.5 Å². The average Bonchev–Trinajstić information content (AvgIpc) is 2.00. The molecule has 1 atom stereocenters. The van der Waals surface area contributed by atoms with Crippen LogP contribution >= 0.6 is 0 Å². The first kappa shape index (κ1) is 11.9. The highest BCUT2D eigenvalue weighted by molar-refractivity contribution is 4.74. The van der Waals surface area contributed by atoms with E-state index >= 15 is 0 Å². The Morgan fingerprint density at radius 1 is 1.42 bits per heavy atom. The van der Waals surface area contributed by atoms with Gasteiger partial charge in [-0.05, 0) is 40.2 Å². The van der Waals surface area contributed by atoms with Crippen molar-refractivity contribution >= 4 is 0 Å². The van der Waals surface area contributed by atoms with Gasteiger partial charge in [0.15, 0.2) is 0 Å². The third kappa shape index (κ3) is 5.56. The van der Waals surface area contributed by atoms with Crippen molar-refractivity contribution in [1.29, 1.82) is 0 Å². The predicted octanol–water partition coefficient (Wildman–Crippen LogP) is 2.19. The number of methoxy groups -OCH3 is 1. The first-order valence-corrected chi connectivity index (χ1v) is 4.80. The Morgan fingerprint density at radius 2 is 2.00 bits per heavy atom. The van der Waals surface area contributed by atoms with Crippen molar-refractivity contribution in [2.75, 3.05) is 13.7 Å². The van der Waals surface area contributed by atoms with Gasteiger partial charge in [0.2, 0.25) is 0 Å². The Morgan fingerprint density at radius 3 is 2.42 bits per heavy atom. The second-order valence-corrected chi connectivity index (χ2v) is 4.02. The van der Waals surface area contributed by atoms with Gasteiger partial charge in [-0.15, -0.1) is 0 Å². The minimum absolute atomic E-state index is 0.000157. The summed E-state index contributed by atoms with van der Waals surface area (Å²) in [5.74, 6) is 0. The lowest BCUT2D eigenvalue weighted by Crippen LogP contribution is -2.35. The maximum absolute atomic E-state index is 5.35. The summed E-state index contributed by atoms with van der Waals surface area (Å²) in [4.78, 5) is 0. The lowest BCUT2D eigenvalue weighted by molar-refractivity contribution is 0.00863. The molecule has 74 valence electrons. The molecular formula is C10H23NO. The molecule has 0 fully saturated rings. The van der Waals surface area contributed by atoms with Gasteiger partial charge in [0.05, 0.1) is 5.60 Å². The van der Waals surface area contributed by atoms with Crippen LogP contribution in [0.2, 0.25) is 0 Å². The van der Waals surface area contributed by atoms with E-state index in [0.29, 0.717) is 6.04 Å². The van der Waals surface area contributed by atoms with E-state index in [2.05, 4.69) is 33.0 Å². The first-order valence-electron chi connectivity index (χ1n) is 4.80. The topological polar surface area (TPSA) is 21.3 Å². The van der Waals surface area contributed by atoms with Crippen molar-refractivity contribution in [2.24, 2.45) is 0 Å². The lowest BCUT2D eigenvalue weighted by Gasteiger charge is -2.27. The van der Waals surface area contributed by atoms with E-state index in [0.717, 1.165) is 13.0 Å². The maximum Gasteiger partial charge on any atom is 0.0637 e. The van der Waals surface area contributed by atoms with Gasteiger partial charge in [-0.1, -0.05) is 6.92 Å². The van der Waals surface area contributed by atoms with Gasteiger partial charge in [0.25, 0.3) is 0 Å². The zero-order valence-electron chi connectivity index (χ0n) is 9.11. The highest BCUT2D eigenvalue weighted by Crippen LogP contribution is 2.14. The highest BCUT2D eigenvalue weighted by Gasteiger charge is 2.19. The van der Waals surface area contributed by atoms with Crippen molar-refractivity contribution in [3.8, 4) is 0 Å². The molecule has 2 heteroatoms. The number of hydrogen-bond acceptors (Lipinski definition) is 2. The highest BCUT2D eigenvalue weighted by atomic mass is 16.5. The molecule has 0 aromatic carbocycles. The molecule has 0 aliphatic rings. The van der Waals surface area contributed by atoms with Gasteiger partial charge in [-0.2, -0.15) is 0 Å². The van der Waals surface area contributed by atoms with Crippen molar-refractivity contribution in [2.45, 2.75) is 52.2 Å². The molecule has 1 unspecified atom stereocenters. The van der Waals surface area contributed by atoms with Gasteiger partial charge >= 0.3 is 0 Å². The van der Waals surface area contributed by atoms with E-state index in [1.807, 2.05) is 0 Å². The molecule has 2 nitrogen and oxygen atoms in total. The molecule has 0 aromatic rings. The zero-order chi connectivity index (χ0) is 9.61. The van der Waals surface area contributed by atoms with E-state index in [1.165, 1.54) is 6.42 Å². The van der Waals surface area contributed by atoms with Crippen LogP contribution in [-0.2, 0) is 4.74 Å². The van der Waals surface area contributed by atoms with Gasteiger partial charge in [0, 0.05) is 13.2 Å².